The van der Waals surface area contributed by atoms with Gasteiger partial charge < -0.3 is 5.32 Å². The van der Waals surface area contributed by atoms with Crippen LogP contribution in [0, 0.1) is 23.0 Å². The number of nitrogens with zero attached hydrogens (tertiary/aromatic N) is 2. The number of halogens is 2. The molecule has 0 spiro atoms. The van der Waals surface area contributed by atoms with Gasteiger partial charge in [-0.15, -0.1) is 0 Å². The standard InChI is InChI=1S/C15H13F2N3/c1-2-8-19-15-10(9-18)6-7-13(20-15)14-11(16)4-3-5-12(14)17/h3-7H,2,8H2,1H3,(H,19,20). The minimum atomic E-state index is -0.677. The van der Waals surface area contributed by atoms with Crippen molar-refractivity contribution in [1.29, 1.82) is 5.26 Å². The lowest BCUT2D eigenvalue weighted by Gasteiger charge is -2.09. The van der Waals surface area contributed by atoms with Crippen LogP contribution in [-0.4, -0.2) is 11.5 Å². The van der Waals surface area contributed by atoms with E-state index in [1.165, 1.54) is 30.3 Å². The molecule has 1 N–H and O–H groups in total. The molecule has 0 atom stereocenters. The van der Waals surface area contributed by atoms with Gasteiger partial charge in [0, 0.05) is 6.54 Å². The molecule has 0 saturated heterocycles. The van der Waals surface area contributed by atoms with Gasteiger partial charge in [-0.1, -0.05) is 13.0 Å². The molecular formula is C15H13F2N3. The maximum Gasteiger partial charge on any atom is 0.144 e. The van der Waals surface area contributed by atoms with Crippen LogP contribution < -0.4 is 5.32 Å². The van der Waals surface area contributed by atoms with Gasteiger partial charge in [0.25, 0.3) is 0 Å². The first-order valence-corrected chi connectivity index (χ1v) is 6.26. The lowest BCUT2D eigenvalue weighted by Crippen LogP contribution is -2.05. The van der Waals surface area contributed by atoms with E-state index < -0.39 is 11.6 Å². The number of nitrogens with one attached hydrogen (secondary N) is 1. The lowest BCUT2D eigenvalue weighted by atomic mass is 10.1. The van der Waals surface area contributed by atoms with Crippen molar-refractivity contribution in [2.24, 2.45) is 0 Å². The van der Waals surface area contributed by atoms with Crippen molar-refractivity contribution in [3.63, 3.8) is 0 Å². The summed E-state index contributed by atoms with van der Waals surface area (Å²) in [6, 6.07) is 8.60. The van der Waals surface area contributed by atoms with Crippen molar-refractivity contribution in [2.45, 2.75) is 13.3 Å². The van der Waals surface area contributed by atoms with E-state index in [4.69, 9.17) is 5.26 Å². The van der Waals surface area contributed by atoms with Crippen molar-refractivity contribution >= 4 is 5.82 Å². The molecular weight excluding hydrogens is 260 g/mol. The average Bonchev–Trinajstić information content (AvgIpc) is 2.45. The Balaban J connectivity index is 2.51. The topological polar surface area (TPSA) is 48.7 Å². The third kappa shape index (κ3) is 2.75. The zero-order valence-corrected chi connectivity index (χ0v) is 11.0. The SMILES string of the molecule is CCCNc1nc(-c2c(F)cccc2F)ccc1C#N. The molecule has 3 nitrogen and oxygen atoms in total. The second-order valence-corrected chi connectivity index (χ2v) is 4.23. The minimum Gasteiger partial charge on any atom is -0.369 e. The third-order valence-corrected chi connectivity index (χ3v) is 2.78. The second-order valence-electron chi connectivity index (χ2n) is 4.23. The van der Waals surface area contributed by atoms with Gasteiger partial charge in [0.1, 0.15) is 23.5 Å². The zero-order chi connectivity index (χ0) is 14.5. The molecule has 0 radical (unpaired) electrons. The van der Waals surface area contributed by atoms with Gasteiger partial charge in [-0.05, 0) is 30.7 Å². The lowest BCUT2D eigenvalue weighted by molar-refractivity contribution is 0.588. The first-order valence-electron chi connectivity index (χ1n) is 6.26. The average molecular weight is 273 g/mol. The van der Waals surface area contributed by atoms with Crippen molar-refractivity contribution in [3.05, 3.63) is 47.5 Å². The van der Waals surface area contributed by atoms with Crippen LogP contribution in [0.15, 0.2) is 30.3 Å². The molecule has 0 amide bonds. The second kappa shape index (κ2) is 6.11. The van der Waals surface area contributed by atoms with Gasteiger partial charge in [0.15, 0.2) is 0 Å². The van der Waals surface area contributed by atoms with Crippen molar-refractivity contribution in [3.8, 4) is 17.3 Å². The summed E-state index contributed by atoms with van der Waals surface area (Å²) in [5.74, 6) is -1.01. The summed E-state index contributed by atoms with van der Waals surface area (Å²) in [5.41, 5.74) is 0.327. The minimum absolute atomic E-state index is 0.165. The molecule has 1 heterocycles. The molecule has 2 aromatic rings. The molecule has 0 unspecified atom stereocenters. The highest BCUT2D eigenvalue weighted by Gasteiger charge is 2.14. The number of rotatable bonds is 4. The van der Waals surface area contributed by atoms with Gasteiger partial charge in [-0.2, -0.15) is 5.26 Å². The fraction of sp³-hybridized carbons (Fsp3) is 0.200. The summed E-state index contributed by atoms with van der Waals surface area (Å²) in [6.07, 6.45) is 0.852. The van der Waals surface area contributed by atoms with Crippen molar-refractivity contribution in [2.75, 3.05) is 11.9 Å². The van der Waals surface area contributed by atoms with Crippen molar-refractivity contribution in [1.82, 2.24) is 4.98 Å². The van der Waals surface area contributed by atoms with E-state index in [1.807, 2.05) is 13.0 Å². The predicted molar refractivity (Wildman–Crippen MR) is 73.1 cm³/mol. The van der Waals surface area contributed by atoms with Crippen LogP contribution in [0.1, 0.15) is 18.9 Å². The molecule has 102 valence electrons. The molecule has 2 rings (SSSR count). The van der Waals surface area contributed by atoms with Gasteiger partial charge in [-0.3, -0.25) is 0 Å². The predicted octanol–water partition coefficient (Wildman–Crippen LogP) is 3.72. The van der Waals surface area contributed by atoms with Gasteiger partial charge in [0.2, 0.25) is 0 Å². The Morgan fingerprint density at radius 2 is 1.90 bits per heavy atom. The van der Waals surface area contributed by atoms with Crippen molar-refractivity contribution < 1.29 is 8.78 Å². The van der Waals surface area contributed by atoms with E-state index in [0.717, 1.165) is 6.42 Å². The van der Waals surface area contributed by atoms with Gasteiger partial charge in [0.05, 0.1) is 16.8 Å². The summed E-state index contributed by atoms with van der Waals surface area (Å²) in [6.45, 7) is 2.60. The van der Waals surface area contributed by atoms with E-state index >= 15 is 0 Å². The summed E-state index contributed by atoms with van der Waals surface area (Å²) in [7, 11) is 0. The normalized spacial score (nSPS) is 10.1. The highest BCUT2D eigenvalue weighted by atomic mass is 19.1. The Morgan fingerprint density at radius 1 is 1.20 bits per heavy atom. The first-order chi connectivity index (χ1) is 9.67. The van der Waals surface area contributed by atoms with Gasteiger partial charge in [-0.25, -0.2) is 13.8 Å². The summed E-state index contributed by atoms with van der Waals surface area (Å²) in [5, 5.41) is 12.0. The molecule has 0 fully saturated rings. The molecule has 20 heavy (non-hydrogen) atoms. The highest BCUT2D eigenvalue weighted by molar-refractivity contribution is 5.65. The number of anilines is 1. The molecule has 5 heteroatoms. The van der Waals surface area contributed by atoms with E-state index in [0.29, 0.717) is 17.9 Å². The highest BCUT2D eigenvalue weighted by Crippen LogP contribution is 2.26. The molecule has 1 aromatic heterocycles. The van der Waals surface area contributed by atoms with E-state index in [1.54, 1.807) is 0 Å². The van der Waals surface area contributed by atoms with Crippen LogP contribution in [0.4, 0.5) is 14.6 Å². The monoisotopic (exact) mass is 273 g/mol. The zero-order valence-electron chi connectivity index (χ0n) is 11.0. The van der Waals surface area contributed by atoms with Crippen LogP contribution in [-0.2, 0) is 0 Å². The fourth-order valence-electron chi connectivity index (χ4n) is 1.81. The van der Waals surface area contributed by atoms with E-state index in [-0.39, 0.29) is 11.3 Å². The third-order valence-electron chi connectivity index (χ3n) is 2.78. The number of aromatic nitrogens is 1. The quantitative estimate of drug-likeness (QED) is 0.923. The molecule has 0 aliphatic carbocycles. The van der Waals surface area contributed by atoms with E-state index in [2.05, 4.69) is 10.3 Å². The van der Waals surface area contributed by atoms with Crippen LogP contribution in [0.3, 0.4) is 0 Å². The van der Waals surface area contributed by atoms with Crippen LogP contribution >= 0.6 is 0 Å². The largest absolute Gasteiger partial charge is 0.369 e. The first kappa shape index (κ1) is 13.9. The summed E-state index contributed by atoms with van der Waals surface area (Å²) in [4.78, 5) is 4.16. The molecule has 0 saturated carbocycles. The maximum atomic E-state index is 13.7. The number of nitriles is 1. The molecule has 0 bridgehead atoms. The number of pyridine rings is 1. The maximum absolute atomic E-state index is 13.7. The Labute approximate surface area is 115 Å². The number of hydrogen-bond donors (Lipinski definition) is 1. The van der Waals surface area contributed by atoms with Gasteiger partial charge >= 0.3 is 0 Å². The summed E-state index contributed by atoms with van der Waals surface area (Å²) < 4.78 is 27.5. The molecule has 1 aromatic carbocycles. The number of hydrogen-bond acceptors (Lipinski definition) is 3. The Bertz CT molecular complexity index is 642. The van der Waals surface area contributed by atoms with Crippen LogP contribution in [0.2, 0.25) is 0 Å². The fourth-order valence-corrected chi connectivity index (χ4v) is 1.81. The Hall–Kier alpha value is -2.48. The smallest absolute Gasteiger partial charge is 0.144 e. The number of benzene rings is 1. The molecule has 0 aliphatic heterocycles. The van der Waals surface area contributed by atoms with E-state index in [9.17, 15) is 8.78 Å². The van der Waals surface area contributed by atoms with Crippen LogP contribution in [0.5, 0.6) is 0 Å². The summed E-state index contributed by atoms with van der Waals surface area (Å²) >= 11 is 0. The van der Waals surface area contributed by atoms with Crippen LogP contribution in [0.25, 0.3) is 11.3 Å². The molecule has 0 aliphatic rings. The Kier molecular flexibility index (Phi) is 4.26. The Morgan fingerprint density at radius 3 is 2.50 bits per heavy atom.